The number of hydrogen-bond donors (Lipinski definition) is 1. The van der Waals surface area contributed by atoms with Gasteiger partial charge in [-0.25, -0.2) is 0 Å². The molecule has 0 spiro atoms. The number of rotatable bonds is 3. The summed E-state index contributed by atoms with van der Waals surface area (Å²) in [4.78, 5) is 3.86. The lowest BCUT2D eigenvalue weighted by Crippen LogP contribution is -2.36. The third-order valence-corrected chi connectivity index (χ3v) is 4.21. The first-order chi connectivity index (χ1) is 10.2. The van der Waals surface area contributed by atoms with Crippen LogP contribution in [0.3, 0.4) is 0 Å². The highest BCUT2D eigenvalue weighted by molar-refractivity contribution is 6.32. The van der Waals surface area contributed by atoms with Gasteiger partial charge in [0.1, 0.15) is 5.84 Å². The van der Waals surface area contributed by atoms with Crippen LogP contribution in [0.25, 0.3) is 6.08 Å². The van der Waals surface area contributed by atoms with Gasteiger partial charge in [-0.2, -0.15) is 10.3 Å². The smallest absolute Gasteiger partial charge is 0.207 e. The van der Waals surface area contributed by atoms with Gasteiger partial charge < -0.3 is 5.32 Å². The van der Waals surface area contributed by atoms with Crippen LogP contribution in [-0.4, -0.2) is 11.9 Å². The van der Waals surface area contributed by atoms with Crippen molar-refractivity contribution < 1.29 is 0 Å². The molecule has 1 aromatic rings. The van der Waals surface area contributed by atoms with E-state index in [1.165, 1.54) is 12.8 Å². The molecule has 0 aliphatic heterocycles. The van der Waals surface area contributed by atoms with E-state index in [9.17, 15) is 0 Å². The number of nitriles is 1. The van der Waals surface area contributed by atoms with Crippen molar-refractivity contribution in [3.8, 4) is 6.19 Å². The van der Waals surface area contributed by atoms with Crippen molar-refractivity contribution >= 4 is 23.5 Å². The molecule has 4 heteroatoms. The zero-order valence-corrected chi connectivity index (χ0v) is 13.0. The molecule has 1 aromatic carbocycles. The van der Waals surface area contributed by atoms with Crippen molar-refractivity contribution in [2.24, 2.45) is 10.9 Å². The average Bonchev–Trinajstić information content (AvgIpc) is 2.49. The Morgan fingerprint density at radius 1 is 1.33 bits per heavy atom. The van der Waals surface area contributed by atoms with Gasteiger partial charge in [0.25, 0.3) is 0 Å². The molecule has 1 aliphatic carbocycles. The fourth-order valence-electron chi connectivity index (χ4n) is 2.56. The largest absolute Gasteiger partial charge is 0.367 e. The van der Waals surface area contributed by atoms with Gasteiger partial charge in [-0.3, -0.25) is 0 Å². The minimum atomic E-state index is 0.407. The number of aliphatic imine (C=N–C) groups is 1. The van der Waals surface area contributed by atoms with Crippen LogP contribution in [0.15, 0.2) is 35.3 Å². The van der Waals surface area contributed by atoms with E-state index in [1.807, 2.05) is 42.6 Å². The Labute approximate surface area is 131 Å². The standard InChI is InChI=1S/C17H20ClN3/c1-13-6-9-15(10-7-13)21-17(20-12-19)11-8-14-4-2-3-5-16(14)18/h2-5,8,11,13,15H,6-7,9-10H2,1H3,(H,20,21). The molecule has 0 radical (unpaired) electrons. The lowest BCUT2D eigenvalue weighted by molar-refractivity contribution is 0.331. The maximum Gasteiger partial charge on any atom is 0.207 e. The molecule has 0 aromatic heterocycles. The number of benzene rings is 1. The fraction of sp³-hybridized carbons (Fsp3) is 0.412. The summed E-state index contributed by atoms with van der Waals surface area (Å²) in [6.07, 6.45) is 10.3. The van der Waals surface area contributed by atoms with Crippen LogP contribution < -0.4 is 5.32 Å². The quantitative estimate of drug-likeness (QED) is 0.511. The maximum atomic E-state index is 8.82. The molecule has 1 fully saturated rings. The van der Waals surface area contributed by atoms with E-state index in [2.05, 4.69) is 17.2 Å². The van der Waals surface area contributed by atoms with Crippen molar-refractivity contribution in [2.75, 3.05) is 0 Å². The topological polar surface area (TPSA) is 48.2 Å². The molecule has 1 aliphatic rings. The SMILES string of the molecule is CC1CCC(NC(C=Cc2ccccc2Cl)=NC#N)CC1. The molecular weight excluding hydrogens is 282 g/mol. The van der Waals surface area contributed by atoms with E-state index in [-0.39, 0.29) is 0 Å². The summed E-state index contributed by atoms with van der Waals surface area (Å²) in [7, 11) is 0. The first kappa shape index (κ1) is 15.6. The first-order valence-corrected chi connectivity index (χ1v) is 7.72. The number of halogens is 1. The van der Waals surface area contributed by atoms with Gasteiger partial charge in [0.15, 0.2) is 0 Å². The zero-order valence-electron chi connectivity index (χ0n) is 12.2. The van der Waals surface area contributed by atoms with E-state index in [0.717, 1.165) is 24.3 Å². The van der Waals surface area contributed by atoms with Crippen LogP contribution in [0, 0.1) is 17.4 Å². The Hall–Kier alpha value is -1.79. The summed E-state index contributed by atoms with van der Waals surface area (Å²) in [6, 6.07) is 8.02. The highest BCUT2D eigenvalue weighted by Gasteiger charge is 2.18. The monoisotopic (exact) mass is 301 g/mol. The number of nitrogens with one attached hydrogen (secondary N) is 1. The first-order valence-electron chi connectivity index (χ1n) is 7.35. The van der Waals surface area contributed by atoms with E-state index in [1.54, 1.807) is 0 Å². The Morgan fingerprint density at radius 3 is 2.71 bits per heavy atom. The van der Waals surface area contributed by atoms with E-state index >= 15 is 0 Å². The second-order valence-electron chi connectivity index (χ2n) is 5.55. The van der Waals surface area contributed by atoms with Crippen molar-refractivity contribution in [1.29, 1.82) is 5.26 Å². The van der Waals surface area contributed by atoms with Crippen LogP contribution in [0.5, 0.6) is 0 Å². The Bertz CT molecular complexity index is 564. The average molecular weight is 302 g/mol. The van der Waals surface area contributed by atoms with Crippen LogP contribution in [0.2, 0.25) is 5.02 Å². The summed E-state index contributed by atoms with van der Waals surface area (Å²) < 4.78 is 0. The molecule has 0 bridgehead atoms. The second-order valence-corrected chi connectivity index (χ2v) is 5.96. The van der Waals surface area contributed by atoms with E-state index in [0.29, 0.717) is 16.9 Å². The molecule has 1 saturated carbocycles. The van der Waals surface area contributed by atoms with Crippen molar-refractivity contribution in [1.82, 2.24) is 5.32 Å². The van der Waals surface area contributed by atoms with Gasteiger partial charge in [-0.15, -0.1) is 0 Å². The highest BCUT2D eigenvalue weighted by atomic mass is 35.5. The van der Waals surface area contributed by atoms with Gasteiger partial charge in [0, 0.05) is 11.1 Å². The normalized spacial score (nSPS) is 23.0. The molecule has 1 N–H and O–H groups in total. The summed E-state index contributed by atoms with van der Waals surface area (Å²) in [5.74, 6) is 1.41. The Kier molecular flexibility index (Phi) is 5.83. The highest BCUT2D eigenvalue weighted by Crippen LogP contribution is 2.23. The molecule has 0 atom stereocenters. The lowest BCUT2D eigenvalue weighted by atomic mass is 9.87. The number of amidine groups is 1. The van der Waals surface area contributed by atoms with Crippen molar-refractivity contribution in [3.63, 3.8) is 0 Å². The molecule has 0 saturated heterocycles. The molecule has 21 heavy (non-hydrogen) atoms. The summed E-state index contributed by atoms with van der Waals surface area (Å²) >= 11 is 6.12. The van der Waals surface area contributed by atoms with Gasteiger partial charge in [0.05, 0.1) is 0 Å². The summed E-state index contributed by atoms with van der Waals surface area (Å²) in [5.41, 5.74) is 0.920. The van der Waals surface area contributed by atoms with Gasteiger partial charge in [-0.1, -0.05) is 36.7 Å². The van der Waals surface area contributed by atoms with Crippen molar-refractivity contribution in [3.05, 3.63) is 40.9 Å². The van der Waals surface area contributed by atoms with Crippen LogP contribution in [0.1, 0.15) is 38.2 Å². The molecule has 2 rings (SSSR count). The predicted molar refractivity (Wildman–Crippen MR) is 88.1 cm³/mol. The van der Waals surface area contributed by atoms with E-state index < -0.39 is 0 Å². The molecular formula is C17H20ClN3. The minimum Gasteiger partial charge on any atom is -0.367 e. The molecule has 0 heterocycles. The van der Waals surface area contributed by atoms with Crippen molar-refractivity contribution in [2.45, 2.75) is 38.6 Å². The molecule has 0 amide bonds. The number of nitrogens with zero attached hydrogens (tertiary/aromatic N) is 2. The van der Waals surface area contributed by atoms with Gasteiger partial charge >= 0.3 is 0 Å². The predicted octanol–water partition coefficient (Wildman–Crippen LogP) is 4.40. The summed E-state index contributed by atoms with van der Waals surface area (Å²) in [6.45, 7) is 2.29. The Balaban J connectivity index is 2.02. The maximum absolute atomic E-state index is 8.82. The van der Waals surface area contributed by atoms with Crippen LogP contribution in [-0.2, 0) is 0 Å². The third-order valence-electron chi connectivity index (χ3n) is 3.86. The summed E-state index contributed by atoms with van der Waals surface area (Å²) in [5, 5.41) is 12.9. The molecule has 3 nitrogen and oxygen atoms in total. The fourth-order valence-corrected chi connectivity index (χ4v) is 2.76. The second kappa shape index (κ2) is 7.85. The van der Waals surface area contributed by atoms with Crippen LogP contribution in [0.4, 0.5) is 0 Å². The minimum absolute atomic E-state index is 0.407. The third kappa shape index (κ3) is 4.91. The van der Waals surface area contributed by atoms with Gasteiger partial charge in [-0.05, 0) is 55.4 Å². The van der Waals surface area contributed by atoms with Crippen LogP contribution >= 0.6 is 11.6 Å². The molecule has 110 valence electrons. The lowest BCUT2D eigenvalue weighted by Gasteiger charge is -2.27. The van der Waals surface area contributed by atoms with Gasteiger partial charge in [0.2, 0.25) is 6.19 Å². The molecule has 0 unspecified atom stereocenters. The van der Waals surface area contributed by atoms with E-state index in [4.69, 9.17) is 16.9 Å². The number of hydrogen-bond acceptors (Lipinski definition) is 2. The zero-order chi connectivity index (χ0) is 15.1. The Morgan fingerprint density at radius 2 is 2.05 bits per heavy atom.